The smallest absolute Gasteiger partial charge is 0.265 e. The van der Waals surface area contributed by atoms with Gasteiger partial charge in [0, 0.05) is 13.1 Å². The molecule has 0 spiro atoms. The van der Waals surface area contributed by atoms with Gasteiger partial charge in [-0.05, 0) is 18.2 Å². The molecule has 2 saturated heterocycles. The normalized spacial score (nSPS) is 27.6. The first kappa shape index (κ1) is 5.56. The number of hydrogen-bond donors (Lipinski definition) is 0. The van der Waals surface area contributed by atoms with Crippen LogP contribution in [0.4, 0.5) is 4.79 Å². The number of thioether (sulfide) groups is 1. The number of carbonyl (C=O) groups is 1. The highest BCUT2D eigenvalue weighted by molar-refractivity contribution is 8.13. The second-order valence-corrected chi connectivity index (χ2v) is 3.14. The van der Waals surface area contributed by atoms with Gasteiger partial charge in [-0.1, -0.05) is 0 Å². The Morgan fingerprint density at radius 1 is 1.44 bits per heavy atom. The van der Waals surface area contributed by atoms with Crippen LogP contribution in [0.25, 0.3) is 0 Å². The van der Waals surface area contributed by atoms with Gasteiger partial charge in [-0.2, -0.15) is 0 Å². The molecule has 2 heterocycles. The van der Waals surface area contributed by atoms with Crippen LogP contribution in [-0.2, 0) is 0 Å². The number of fused-ring (bicyclic) bond motifs is 1. The highest BCUT2D eigenvalue weighted by Crippen LogP contribution is 2.26. The molecule has 0 radical (unpaired) electrons. The van der Waals surface area contributed by atoms with Gasteiger partial charge in [0.15, 0.2) is 0 Å². The van der Waals surface area contributed by atoms with E-state index in [1.165, 1.54) is 11.8 Å². The molecule has 0 unspecified atom stereocenters. The van der Waals surface area contributed by atoms with E-state index < -0.39 is 0 Å². The zero-order valence-electron chi connectivity index (χ0n) is 5.04. The van der Waals surface area contributed by atoms with Crippen molar-refractivity contribution in [2.45, 2.75) is 6.42 Å². The van der Waals surface area contributed by atoms with E-state index in [1.54, 1.807) is 0 Å². The number of amides is 1. The zero-order chi connectivity index (χ0) is 6.27. The number of carbonyl (C=O) groups excluding carboxylic acids is 1. The maximum Gasteiger partial charge on any atom is 0.297 e. The van der Waals surface area contributed by atoms with Crippen LogP contribution in [0.3, 0.4) is 0 Å². The molecule has 0 bridgehead atoms. The molecule has 4 heteroatoms. The number of hydrazine groups is 1. The summed E-state index contributed by atoms with van der Waals surface area (Å²) < 4.78 is 0. The molecule has 2 fully saturated rings. The van der Waals surface area contributed by atoms with Crippen LogP contribution in [0, 0.1) is 0 Å². The van der Waals surface area contributed by atoms with Crippen molar-refractivity contribution in [1.29, 1.82) is 0 Å². The van der Waals surface area contributed by atoms with Crippen molar-refractivity contribution in [2.75, 3.05) is 19.0 Å². The van der Waals surface area contributed by atoms with Gasteiger partial charge in [-0.15, -0.1) is 0 Å². The van der Waals surface area contributed by atoms with Crippen LogP contribution >= 0.6 is 11.8 Å². The van der Waals surface area contributed by atoms with Crippen molar-refractivity contribution in [3.05, 3.63) is 0 Å². The largest absolute Gasteiger partial charge is 0.297 e. The Bertz CT molecular complexity index is 150. The van der Waals surface area contributed by atoms with Crippen molar-refractivity contribution in [1.82, 2.24) is 10.0 Å². The molecule has 1 amide bonds. The van der Waals surface area contributed by atoms with Crippen molar-refractivity contribution in [2.24, 2.45) is 0 Å². The maximum atomic E-state index is 10.9. The molecule has 0 aromatic rings. The molecule has 0 N–H and O–H groups in total. The highest BCUT2D eigenvalue weighted by Gasteiger charge is 2.32. The van der Waals surface area contributed by atoms with Gasteiger partial charge in [0.25, 0.3) is 5.24 Å². The molecule has 9 heavy (non-hydrogen) atoms. The Hall–Kier alpha value is -0.220. The lowest BCUT2D eigenvalue weighted by Crippen LogP contribution is -2.30. The predicted octanol–water partition coefficient (Wildman–Crippen LogP) is 0.733. The Balaban J connectivity index is 2.15. The van der Waals surface area contributed by atoms with E-state index in [0.717, 1.165) is 25.4 Å². The number of hydrogen-bond acceptors (Lipinski definition) is 3. The summed E-state index contributed by atoms with van der Waals surface area (Å²) in [7, 11) is 0. The molecule has 0 saturated carbocycles. The molecule has 2 aliphatic rings. The van der Waals surface area contributed by atoms with Gasteiger partial charge in [0.1, 0.15) is 0 Å². The Kier molecular flexibility index (Phi) is 1.16. The van der Waals surface area contributed by atoms with E-state index in [4.69, 9.17) is 0 Å². The first-order chi connectivity index (χ1) is 4.38. The van der Waals surface area contributed by atoms with Gasteiger partial charge in [0.05, 0.1) is 5.88 Å². The van der Waals surface area contributed by atoms with E-state index in [2.05, 4.69) is 5.01 Å². The van der Waals surface area contributed by atoms with Gasteiger partial charge in [-0.3, -0.25) is 9.80 Å². The molecule has 0 aliphatic carbocycles. The van der Waals surface area contributed by atoms with Crippen molar-refractivity contribution >= 4 is 17.0 Å². The van der Waals surface area contributed by atoms with Crippen molar-refractivity contribution < 1.29 is 4.79 Å². The Labute approximate surface area is 58.0 Å². The van der Waals surface area contributed by atoms with E-state index in [1.807, 2.05) is 5.01 Å². The van der Waals surface area contributed by atoms with Crippen LogP contribution in [0.15, 0.2) is 0 Å². The van der Waals surface area contributed by atoms with E-state index >= 15 is 0 Å². The van der Waals surface area contributed by atoms with Gasteiger partial charge in [0.2, 0.25) is 0 Å². The first-order valence-corrected chi connectivity index (χ1v) is 4.05. The Morgan fingerprint density at radius 2 is 2.33 bits per heavy atom. The minimum absolute atomic E-state index is 0.229. The zero-order valence-corrected chi connectivity index (χ0v) is 5.86. The second-order valence-electron chi connectivity index (χ2n) is 2.25. The summed E-state index contributed by atoms with van der Waals surface area (Å²) in [5.41, 5.74) is 0. The lowest BCUT2D eigenvalue weighted by molar-refractivity contribution is 0.111. The lowest BCUT2D eigenvalue weighted by Gasteiger charge is -2.15. The topological polar surface area (TPSA) is 23.6 Å². The monoisotopic (exact) mass is 144 g/mol. The minimum atomic E-state index is 0.229. The molecular weight excluding hydrogens is 136 g/mol. The summed E-state index contributed by atoms with van der Waals surface area (Å²) >= 11 is 1.40. The van der Waals surface area contributed by atoms with Crippen LogP contribution in [0.1, 0.15) is 6.42 Å². The molecule has 2 rings (SSSR count). The van der Waals surface area contributed by atoms with Crippen molar-refractivity contribution in [3.63, 3.8) is 0 Å². The van der Waals surface area contributed by atoms with Crippen LogP contribution in [0.2, 0.25) is 0 Å². The van der Waals surface area contributed by atoms with Gasteiger partial charge >= 0.3 is 0 Å². The molecule has 0 aromatic heterocycles. The molecule has 0 aromatic carbocycles. The number of nitrogens with zero attached hydrogens (tertiary/aromatic N) is 2. The fraction of sp³-hybridized carbons (Fsp3) is 0.800. The summed E-state index contributed by atoms with van der Waals surface area (Å²) in [6.07, 6.45) is 1.15. The fourth-order valence-corrected chi connectivity index (χ4v) is 2.09. The maximum absolute atomic E-state index is 10.9. The van der Waals surface area contributed by atoms with E-state index in [0.29, 0.717) is 0 Å². The summed E-state index contributed by atoms with van der Waals surface area (Å²) in [4.78, 5) is 10.9. The van der Waals surface area contributed by atoms with Gasteiger partial charge < -0.3 is 0 Å². The SMILES string of the molecule is O=C1SCN2CCCN12. The predicted molar refractivity (Wildman–Crippen MR) is 35.9 cm³/mol. The average Bonchev–Trinajstić information content (AvgIpc) is 2.35. The average molecular weight is 144 g/mol. The van der Waals surface area contributed by atoms with Crippen LogP contribution in [0.5, 0.6) is 0 Å². The fourth-order valence-electron chi connectivity index (χ4n) is 1.21. The summed E-state index contributed by atoms with van der Waals surface area (Å²) in [6, 6.07) is 0. The van der Waals surface area contributed by atoms with E-state index in [9.17, 15) is 4.79 Å². The summed E-state index contributed by atoms with van der Waals surface area (Å²) in [6.45, 7) is 2.00. The molecule has 2 aliphatic heterocycles. The van der Waals surface area contributed by atoms with Crippen LogP contribution < -0.4 is 0 Å². The standard InChI is InChI=1S/C5H8N2OS/c8-5-7-3-1-2-6(7)4-9-5/h1-4H2. The third-order valence-corrected chi connectivity index (χ3v) is 2.56. The lowest BCUT2D eigenvalue weighted by atomic mass is 10.5. The summed E-state index contributed by atoms with van der Waals surface area (Å²) in [5.74, 6) is 0.874. The summed E-state index contributed by atoms with van der Waals surface area (Å²) in [5, 5.41) is 4.17. The third kappa shape index (κ3) is 0.737. The third-order valence-electron chi connectivity index (χ3n) is 1.68. The molecule has 50 valence electrons. The molecular formula is C5H8N2OS. The molecule has 3 nitrogen and oxygen atoms in total. The highest BCUT2D eigenvalue weighted by atomic mass is 32.2. The second kappa shape index (κ2) is 1.88. The van der Waals surface area contributed by atoms with Crippen LogP contribution in [-0.4, -0.2) is 34.2 Å². The Morgan fingerprint density at radius 3 is 3.11 bits per heavy atom. The van der Waals surface area contributed by atoms with E-state index in [-0.39, 0.29) is 5.24 Å². The number of rotatable bonds is 0. The minimum Gasteiger partial charge on any atom is -0.265 e. The van der Waals surface area contributed by atoms with Crippen molar-refractivity contribution in [3.8, 4) is 0 Å². The van der Waals surface area contributed by atoms with Gasteiger partial charge in [-0.25, -0.2) is 5.01 Å². The first-order valence-electron chi connectivity index (χ1n) is 3.07. The molecule has 0 atom stereocenters. The quantitative estimate of drug-likeness (QED) is 0.501.